The lowest BCUT2D eigenvalue weighted by Crippen LogP contribution is -2.36. The van der Waals surface area contributed by atoms with Gasteiger partial charge in [-0.1, -0.05) is 18.7 Å². The van der Waals surface area contributed by atoms with E-state index in [-0.39, 0.29) is 30.1 Å². The predicted molar refractivity (Wildman–Crippen MR) is 72.7 cm³/mol. The highest BCUT2D eigenvalue weighted by molar-refractivity contribution is 6.00. The summed E-state index contributed by atoms with van der Waals surface area (Å²) in [5.41, 5.74) is 0.386. The van der Waals surface area contributed by atoms with Crippen LogP contribution in [0.3, 0.4) is 0 Å². The van der Waals surface area contributed by atoms with Crippen molar-refractivity contribution >= 4 is 11.8 Å². The van der Waals surface area contributed by atoms with Crippen molar-refractivity contribution in [1.29, 1.82) is 0 Å². The molecule has 0 radical (unpaired) electrons. The third-order valence-corrected chi connectivity index (χ3v) is 4.09. The largest absolute Gasteiger partial charge is 0.481 e. The first kappa shape index (κ1) is 15.6. The van der Waals surface area contributed by atoms with E-state index in [4.69, 9.17) is 5.11 Å². The van der Waals surface area contributed by atoms with Crippen LogP contribution in [0.25, 0.3) is 0 Å². The summed E-state index contributed by atoms with van der Waals surface area (Å²) >= 11 is 0. The quantitative estimate of drug-likeness (QED) is 0.571. The number of carbonyl (C=O) groups is 2. The van der Waals surface area contributed by atoms with E-state index < -0.39 is 17.5 Å². The number of Topliss-reactive ketones (excluding diaryl/α,β-unsaturated/α-hetero) is 1. The minimum Gasteiger partial charge on any atom is -0.481 e. The zero-order valence-corrected chi connectivity index (χ0v) is 11.6. The van der Waals surface area contributed by atoms with Crippen molar-refractivity contribution in [3.05, 3.63) is 24.3 Å². The Labute approximate surface area is 113 Å². The zero-order valence-electron chi connectivity index (χ0n) is 11.6. The van der Waals surface area contributed by atoms with Crippen LogP contribution in [0.1, 0.15) is 39.5 Å². The van der Waals surface area contributed by atoms with Gasteiger partial charge < -0.3 is 10.2 Å². The van der Waals surface area contributed by atoms with E-state index in [1.165, 1.54) is 0 Å². The van der Waals surface area contributed by atoms with Gasteiger partial charge in [-0.15, -0.1) is 0 Å². The molecule has 4 heteroatoms. The molecule has 2 N–H and O–H groups in total. The van der Waals surface area contributed by atoms with E-state index in [0.29, 0.717) is 12.8 Å². The predicted octanol–water partition coefficient (Wildman–Crippen LogP) is 2.33. The maximum atomic E-state index is 12.4. The normalized spacial score (nSPS) is 30.1. The molecule has 1 rings (SSSR count). The van der Waals surface area contributed by atoms with Gasteiger partial charge in [-0.2, -0.15) is 0 Å². The van der Waals surface area contributed by atoms with Gasteiger partial charge in [-0.25, -0.2) is 0 Å². The van der Waals surface area contributed by atoms with E-state index in [2.05, 4.69) is 13.2 Å². The summed E-state index contributed by atoms with van der Waals surface area (Å²) in [6.45, 7) is 11.2. The van der Waals surface area contributed by atoms with Crippen LogP contribution in [-0.2, 0) is 9.59 Å². The molecular formula is C15H22O4. The molecule has 0 aromatic heterocycles. The molecule has 0 spiro atoms. The average molecular weight is 266 g/mol. The molecule has 0 aromatic rings. The van der Waals surface area contributed by atoms with Gasteiger partial charge in [-0.05, 0) is 44.6 Å². The summed E-state index contributed by atoms with van der Waals surface area (Å²) < 4.78 is 0. The van der Waals surface area contributed by atoms with Crippen molar-refractivity contribution in [2.24, 2.45) is 11.3 Å². The summed E-state index contributed by atoms with van der Waals surface area (Å²) in [4.78, 5) is 22.9. The maximum Gasteiger partial charge on any atom is 0.303 e. The fourth-order valence-corrected chi connectivity index (χ4v) is 2.66. The van der Waals surface area contributed by atoms with Crippen molar-refractivity contribution in [2.45, 2.75) is 45.6 Å². The molecule has 0 bridgehead atoms. The lowest BCUT2D eigenvalue weighted by molar-refractivity contribution is -0.137. The van der Waals surface area contributed by atoms with Gasteiger partial charge in [0, 0.05) is 6.42 Å². The van der Waals surface area contributed by atoms with Crippen molar-refractivity contribution in [1.82, 2.24) is 0 Å². The summed E-state index contributed by atoms with van der Waals surface area (Å²) in [7, 11) is 0. The second-order valence-corrected chi connectivity index (χ2v) is 5.74. The topological polar surface area (TPSA) is 74.6 Å². The van der Waals surface area contributed by atoms with Gasteiger partial charge in [0.25, 0.3) is 0 Å². The van der Waals surface area contributed by atoms with Gasteiger partial charge in [0.2, 0.25) is 0 Å². The van der Waals surface area contributed by atoms with Crippen LogP contribution in [0, 0.1) is 11.3 Å². The van der Waals surface area contributed by atoms with Crippen LogP contribution >= 0.6 is 0 Å². The minimum absolute atomic E-state index is 0.110. The summed E-state index contributed by atoms with van der Waals surface area (Å²) in [6, 6.07) is 0. The highest BCUT2D eigenvalue weighted by atomic mass is 16.4. The highest BCUT2D eigenvalue weighted by Gasteiger charge is 2.48. The van der Waals surface area contributed by atoms with Crippen molar-refractivity contribution < 1.29 is 19.8 Å². The number of ketones is 1. The Hall–Kier alpha value is -1.42. The molecule has 3 atom stereocenters. The fraction of sp³-hybridized carbons (Fsp3) is 0.600. The van der Waals surface area contributed by atoms with Crippen molar-refractivity contribution in [3.8, 4) is 0 Å². The number of allylic oxidation sites excluding steroid dienone is 2. The van der Waals surface area contributed by atoms with Crippen LogP contribution in [0.15, 0.2) is 24.3 Å². The second-order valence-electron chi connectivity index (χ2n) is 5.74. The Morgan fingerprint density at radius 2 is 1.89 bits per heavy atom. The molecule has 0 unspecified atom stereocenters. The molecule has 1 fully saturated rings. The summed E-state index contributed by atoms with van der Waals surface area (Å²) in [5.74, 6) is -1.04. The molecule has 0 aromatic carbocycles. The SMILES string of the molecule is C=C(CCC(=O)O)C(=O)[C@]1(C)C[C@@H](C(=C)C)C[C@H]1O. The second kappa shape index (κ2) is 5.70. The number of carboxylic acids is 1. The Balaban J connectivity index is 2.77. The molecule has 0 amide bonds. The number of aliphatic carboxylic acids is 1. The van der Waals surface area contributed by atoms with E-state index in [1.54, 1.807) is 6.92 Å². The molecule has 106 valence electrons. The van der Waals surface area contributed by atoms with Crippen LogP contribution in [-0.4, -0.2) is 28.1 Å². The zero-order chi connectivity index (χ0) is 14.8. The van der Waals surface area contributed by atoms with Crippen LogP contribution in [0.2, 0.25) is 0 Å². The molecule has 0 heterocycles. The third-order valence-electron chi connectivity index (χ3n) is 4.09. The van der Waals surface area contributed by atoms with Gasteiger partial charge in [0.15, 0.2) is 5.78 Å². The van der Waals surface area contributed by atoms with E-state index in [1.807, 2.05) is 6.92 Å². The summed E-state index contributed by atoms with van der Waals surface area (Å²) in [6.07, 6.45) is 0.385. The first-order chi connectivity index (χ1) is 8.68. The molecule has 1 saturated carbocycles. The number of hydrogen-bond acceptors (Lipinski definition) is 3. The highest BCUT2D eigenvalue weighted by Crippen LogP contribution is 2.46. The van der Waals surface area contributed by atoms with Gasteiger partial charge in [0.05, 0.1) is 11.5 Å². The number of aliphatic hydroxyl groups excluding tert-OH is 1. The van der Waals surface area contributed by atoms with Gasteiger partial charge >= 0.3 is 5.97 Å². The first-order valence-corrected chi connectivity index (χ1v) is 6.46. The number of carboxylic acid groups (broad SMARTS) is 1. The van der Waals surface area contributed by atoms with Crippen LogP contribution in [0.4, 0.5) is 0 Å². The monoisotopic (exact) mass is 266 g/mol. The number of carbonyl (C=O) groups excluding carboxylic acids is 1. The Morgan fingerprint density at radius 3 is 2.32 bits per heavy atom. The Morgan fingerprint density at radius 1 is 1.32 bits per heavy atom. The minimum atomic E-state index is -0.953. The van der Waals surface area contributed by atoms with Crippen molar-refractivity contribution in [3.63, 3.8) is 0 Å². The first-order valence-electron chi connectivity index (χ1n) is 6.46. The van der Waals surface area contributed by atoms with Crippen LogP contribution in [0.5, 0.6) is 0 Å². The lowest BCUT2D eigenvalue weighted by Gasteiger charge is -2.27. The van der Waals surface area contributed by atoms with Gasteiger partial charge in [-0.3, -0.25) is 9.59 Å². The smallest absolute Gasteiger partial charge is 0.303 e. The Kier molecular flexibility index (Phi) is 4.69. The van der Waals surface area contributed by atoms with Crippen molar-refractivity contribution in [2.75, 3.05) is 0 Å². The maximum absolute atomic E-state index is 12.4. The fourth-order valence-electron chi connectivity index (χ4n) is 2.66. The number of hydrogen-bond donors (Lipinski definition) is 2. The number of rotatable bonds is 6. The van der Waals surface area contributed by atoms with E-state index >= 15 is 0 Å². The average Bonchev–Trinajstić information content (AvgIpc) is 2.63. The molecule has 1 aliphatic carbocycles. The summed E-state index contributed by atoms with van der Waals surface area (Å²) in [5, 5.41) is 18.8. The van der Waals surface area contributed by atoms with E-state index in [9.17, 15) is 14.7 Å². The van der Waals surface area contributed by atoms with Crippen LogP contribution < -0.4 is 0 Å². The molecular weight excluding hydrogens is 244 g/mol. The third kappa shape index (κ3) is 3.32. The number of aliphatic hydroxyl groups is 1. The standard InChI is InChI=1S/C15H22O4/c1-9(2)11-7-12(16)15(4,8-11)14(19)10(3)5-6-13(17)18/h11-12,16H,1,3,5-8H2,2,4H3,(H,17,18)/t11-,12+,15+/m0/s1. The molecule has 0 saturated heterocycles. The van der Waals surface area contributed by atoms with E-state index in [0.717, 1.165) is 5.57 Å². The molecule has 0 aliphatic heterocycles. The molecule has 19 heavy (non-hydrogen) atoms. The molecule has 4 nitrogen and oxygen atoms in total. The Bertz CT molecular complexity index is 424. The lowest BCUT2D eigenvalue weighted by atomic mass is 9.77. The van der Waals surface area contributed by atoms with Gasteiger partial charge in [0.1, 0.15) is 0 Å². The molecule has 1 aliphatic rings.